The van der Waals surface area contributed by atoms with Crippen molar-refractivity contribution in [2.24, 2.45) is 0 Å². The average molecular weight is 198 g/mol. The summed E-state index contributed by atoms with van der Waals surface area (Å²) in [4.78, 5) is 4.78. The van der Waals surface area contributed by atoms with E-state index in [1.807, 2.05) is 0 Å². The van der Waals surface area contributed by atoms with Crippen molar-refractivity contribution in [2.75, 3.05) is 40.0 Å². The van der Waals surface area contributed by atoms with Crippen LogP contribution in [0.3, 0.4) is 0 Å². The molecule has 0 aliphatic carbocycles. The van der Waals surface area contributed by atoms with Crippen molar-refractivity contribution < 1.29 is 4.74 Å². The highest BCUT2D eigenvalue weighted by molar-refractivity contribution is 4.89. The minimum Gasteiger partial charge on any atom is -0.359 e. The van der Waals surface area contributed by atoms with Gasteiger partial charge in [0, 0.05) is 19.6 Å². The Kier molecular flexibility index (Phi) is 3.10. The molecule has 3 heteroatoms. The van der Waals surface area contributed by atoms with Crippen molar-refractivity contribution in [2.45, 2.75) is 31.8 Å². The normalized spacial score (nSPS) is 29.6. The maximum Gasteiger partial charge on any atom is 0.0997 e. The molecule has 0 aromatic rings. The zero-order chi connectivity index (χ0) is 10.0. The van der Waals surface area contributed by atoms with Crippen LogP contribution in [0.5, 0.6) is 0 Å². The van der Waals surface area contributed by atoms with Gasteiger partial charge in [-0.1, -0.05) is 6.92 Å². The van der Waals surface area contributed by atoms with Crippen molar-refractivity contribution in [1.82, 2.24) is 9.80 Å². The van der Waals surface area contributed by atoms with Gasteiger partial charge >= 0.3 is 0 Å². The molecule has 2 aliphatic heterocycles. The predicted octanol–water partition coefficient (Wildman–Crippen LogP) is 1.15. The number of rotatable bonds is 1. The maximum atomic E-state index is 6.06. The second kappa shape index (κ2) is 4.17. The largest absolute Gasteiger partial charge is 0.359 e. The third kappa shape index (κ3) is 2.10. The monoisotopic (exact) mass is 198 g/mol. The molecule has 0 amide bonds. The fourth-order valence-electron chi connectivity index (χ4n) is 2.40. The van der Waals surface area contributed by atoms with Crippen molar-refractivity contribution in [1.29, 1.82) is 0 Å². The van der Waals surface area contributed by atoms with E-state index in [4.69, 9.17) is 4.74 Å². The molecular formula is C11H22N2O. The Balaban J connectivity index is 1.86. The lowest BCUT2D eigenvalue weighted by atomic mass is 9.87. The molecular weight excluding hydrogens is 176 g/mol. The molecule has 2 saturated heterocycles. The number of hydrogen-bond donors (Lipinski definition) is 0. The van der Waals surface area contributed by atoms with Gasteiger partial charge in [-0.3, -0.25) is 4.90 Å². The molecule has 1 spiro atoms. The van der Waals surface area contributed by atoms with Gasteiger partial charge in [0.2, 0.25) is 0 Å². The van der Waals surface area contributed by atoms with Crippen LogP contribution in [0.15, 0.2) is 0 Å². The first kappa shape index (κ1) is 10.4. The molecule has 14 heavy (non-hydrogen) atoms. The van der Waals surface area contributed by atoms with Crippen LogP contribution in [-0.2, 0) is 4.74 Å². The summed E-state index contributed by atoms with van der Waals surface area (Å²) in [6.07, 6.45) is 3.68. The average Bonchev–Trinajstić information content (AvgIpc) is 2.24. The minimum absolute atomic E-state index is 0.234. The van der Waals surface area contributed by atoms with E-state index in [0.29, 0.717) is 0 Å². The van der Waals surface area contributed by atoms with Crippen molar-refractivity contribution >= 4 is 0 Å². The molecule has 0 radical (unpaired) electrons. The topological polar surface area (TPSA) is 15.7 Å². The summed E-state index contributed by atoms with van der Waals surface area (Å²) in [6, 6.07) is 0. The molecule has 0 aromatic heterocycles. The molecule has 0 atom stereocenters. The summed E-state index contributed by atoms with van der Waals surface area (Å²) >= 11 is 0. The number of ether oxygens (including phenoxy) is 1. The lowest BCUT2D eigenvalue weighted by Gasteiger charge is -2.45. The van der Waals surface area contributed by atoms with Crippen LogP contribution in [-0.4, -0.2) is 55.4 Å². The van der Waals surface area contributed by atoms with E-state index in [1.165, 1.54) is 38.9 Å². The van der Waals surface area contributed by atoms with E-state index >= 15 is 0 Å². The summed E-state index contributed by atoms with van der Waals surface area (Å²) in [5, 5.41) is 0. The van der Waals surface area contributed by atoms with Gasteiger partial charge in [0.1, 0.15) is 0 Å². The van der Waals surface area contributed by atoms with E-state index in [-0.39, 0.29) is 5.60 Å². The molecule has 0 unspecified atom stereocenters. The highest BCUT2D eigenvalue weighted by Crippen LogP contribution is 2.32. The highest BCUT2D eigenvalue weighted by atomic mass is 16.5. The van der Waals surface area contributed by atoms with E-state index in [0.717, 1.165) is 13.3 Å². The second-order valence-electron chi connectivity index (χ2n) is 4.72. The summed E-state index contributed by atoms with van der Waals surface area (Å²) in [5.41, 5.74) is 0.234. The van der Waals surface area contributed by atoms with Gasteiger partial charge in [-0.15, -0.1) is 0 Å². The van der Waals surface area contributed by atoms with Gasteiger partial charge in [0.15, 0.2) is 0 Å². The molecule has 2 rings (SSSR count). The lowest BCUT2D eigenvalue weighted by Crippen LogP contribution is -2.51. The van der Waals surface area contributed by atoms with E-state index in [9.17, 15) is 0 Å². The second-order valence-corrected chi connectivity index (χ2v) is 4.72. The first-order chi connectivity index (χ1) is 6.74. The van der Waals surface area contributed by atoms with Gasteiger partial charge in [-0.2, -0.15) is 0 Å². The van der Waals surface area contributed by atoms with Crippen molar-refractivity contribution in [3.8, 4) is 0 Å². The van der Waals surface area contributed by atoms with Gasteiger partial charge in [-0.25, -0.2) is 0 Å². The molecule has 0 aromatic carbocycles. The number of piperidine rings is 1. The summed E-state index contributed by atoms with van der Waals surface area (Å²) in [5.74, 6) is 0. The zero-order valence-corrected chi connectivity index (χ0v) is 9.46. The van der Waals surface area contributed by atoms with Crippen LogP contribution in [0.2, 0.25) is 0 Å². The molecule has 0 bridgehead atoms. The van der Waals surface area contributed by atoms with Crippen molar-refractivity contribution in [3.63, 3.8) is 0 Å². The van der Waals surface area contributed by atoms with Crippen LogP contribution in [0, 0.1) is 0 Å². The smallest absolute Gasteiger partial charge is 0.0997 e. The van der Waals surface area contributed by atoms with Crippen LogP contribution in [0.25, 0.3) is 0 Å². The Bertz CT molecular complexity index is 178. The SMILES string of the molecule is CCN1CCC2(CCN(C)CC2)OC1. The Morgan fingerprint density at radius 2 is 1.79 bits per heavy atom. The first-order valence-electron chi connectivity index (χ1n) is 5.79. The fraction of sp³-hybridized carbons (Fsp3) is 1.00. The number of nitrogens with zero attached hydrogens (tertiary/aromatic N) is 2. The standard InChI is InChI=1S/C11H22N2O/c1-3-13-9-6-11(14-10-13)4-7-12(2)8-5-11/h3-10H2,1-2H3. The Morgan fingerprint density at radius 1 is 1.14 bits per heavy atom. The maximum absolute atomic E-state index is 6.06. The van der Waals surface area contributed by atoms with Crippen LogP contribution < -0.4 is 0 Å². The highest BCUT2D eigenvalue weighted by Gasteiger charge is 2.37. The summed E-state index contributed by atoms with van der Waals surface area (Å²) in [7, 11) is 2.20. The third-order valence-corrected chi connectivity index (χ3v) is 3.78. The van der Waals surface area contributed by atoms with Crippen LogP contribution >= 0.6 is 0 Å². The zero-order valence-electron chi connectivity index (χ0n) is 9.46. The molecule has 2 aliphatic rings. The van der Waals surface area contributed by atoms with Gasteiger partial charge < -0.3 is 9.64 Å². The van der Waals surface area contributed by atoms with Crippen LogP contribution in [0.4, 0.5) is 0 Å². The number of hydrogen-bond acceptors (Lipinski definition) is 3. The Labute approximate surface area is 87.0 Å². The Hall–Kier alpha value is -0.120. The molecule has 0 N–H and O–H groups in total. The molecule has 2 heterocycles. The molecule has 82 valence electrons. The third-order valence-electron chi connectivity index (χ3n) is 3.78. The minimum atomic E-state index is 0.234. The van der Waals surface area contributed by atoms with Crippen LogP contribution in [0.1, 0.15) is 26.2 Å². The molecule has 0 saturated carbocycles. The fourth-order valence-corrected chi connectivity index (χ4v) is 2.40. The van der Waals surface area contributed by atoms with E-state index in [2.05, 4.69) is 23.8 Å². The molecule has 3 nitrogen and oxygen atoms in total. The Morgan fingerprint density at radius 3 is 2.29 bits per heavy atom. The molecule has 2 fully saturated rings. The van der Waals surface area contributed by atoms with E-state index < -0.39 is 0 Å². The number of likely N-dealkylation sites (tertiary alicyclic amines) is 1. The van der Waals surface area contributed by atoms with E-state index in [1.54, 1.807) is 0 Å². The van der Waals surface area contributed by atoms with Gasteiger partial charge in [0.25, 0.3) is 0 Å². The summed E-state index contributed by atoms with van der Waals surface area (Å²) < 4.78 is 6.06. The van der Waals surface area contributed by atoms with Gasteiger partial charge in [-0.05, 0) is 32.9 Å². The first-order valence-corrected chi connectivity index (χ1v) is 5.79. The predicted molar refractivity (Wildman–Crippen MR) is 57.3 cm³/mol. The summed E-state index contributed by atoms with van der Waals surface area (Å²) in [6.45, 7) is 7.80. The van der Waals surface area contributed by atoms with Crippen molar-refractivity contribution in [3.05, 3.63) is 0 Å². The van der Waals surface area contributed by atoms with Gasteiger partial charge in [0.05, 0.1) is 12.3 Å². The quantitative estimate of drug-likeness (QED) is 0.628. The lowest BCUT2D eigenvalue weighted by molar-refractivity contribution is -0.157.